The van der Waals surface area contributed by atoms with Crippen LogP contribution in [-0.4, -0.2) is 52.9 Å². The molecule has 0 saturated carbocycles. The molecule has 0 aromatic heterocycles. The molecule has 0 aliphatic carbocycles. The highest BCUT2D eigenvalue weighted by atomic mass is 35.5. The van der Waals surface area contributed by atoms with E-state index in [0.29, 0.717) is 29.5 Å². The number of rotatable bonds is 4. The summed E-state index contributed by atoms with van der Waals surface area (Å²) < 4.78 is 0. The normalized spacial score (nSPS) is 17.5. The maximum atomic E-state index is 12.3. The number of carbonyl (C=O) groups excluding carboxylic acids is 1. The molecule has 4 nitrogen and oxygen atoms in total. The number of hydrogen-bond donors (Lipinski definition) is 1. The van der Waals surface area contributed by atoms with Crippen LogP contribution < -0.4 is 5.73 Å². The number of piperazine rings is 1. The molecule has 0 bridgehead atoms. The van der Waals surface area contributed by atoms with Crippen molar-refractivity contribution in [3.05, 3.63) is 34.9 Å². The van der Waals surface area contributed by atoms with E-state index in [-0.39, 0.29) is 11.9 Å². The van der Waals surface area contributed by atoms with E-state index in [9.17, 15) is 4.79 Å². The third kappa shape index (κ3) is 4.15. The van der Waals surface area contributed by atoms with Crippen molar-refractivity contribution in [2.24, 2.45) is 5.73 Å². The molecule has 1 unspecified atom stereocenters. The molecule has 1 heterocycles. The molecule has 21 heavy (non-hydrogen) atoms. The number of halogens is 1. The van der Waals surface area contributed by atoms with Crippen LogP contribution in [0, 0.1) is 0 Å². The molecule has 1 aliphatic heterocycles. The van der Waals surface area contributed by atoms with Gasteiger partial charge >= 0.3 is 0 Å². The predicted octanol–water partition coefficient (Wildman–Crippen LogP) is 1.70. The molecule has 1 atom stereocenters. The Morgan fingerprint density at radius 2 is 1.95 bits per heavy atom. The van der Waals surface area contributed by atoms with Gasteiger partial charge in [-0.25, -0.2) is 0 Å². The summed E-state index contributed by atoms with van der Waals surface area (Å²) in [6.45, 7) is 5.01. The van der Waals surface area contributed by atoms with Crippen molar-refractivity contribution in [1.82, 2.24) is 9.80 Å². The van der Waals surface area contributed by atoms with Crippen LogP contribution in [0.2, 0.25) is 5.02 Å². The van der Waals surface area contributed by atoms with Crippen LogP contribution >= 0.6 is 23.8 Å². The van der Waals surface area contributed by atoms with Crippen LogP contribution in [0.15, 0.2) is 24.3 Å². The molecule has 1 fully saturated rings. The molecule has 0 spiro atoms. The van der Waals surface area contributed by atoms with E-state index < -0.39 is 0 Å². The summed E-state index contributed by atoms with van der Waals surface area (Å²) in [4.78, 5) is 16.9. The van der Waals surface area contributed by atoms with Gasteiger partial charge in [0.05, 0.1) is 17.5 Å². The summed E-state index contributed by atoms with van der Waals surface area (Å²) in [5.74, 6) is 0.116. The zero-order valence-corrected chi connectivity index (χ0v) is 13.7. The number of amides is 1. The fourth-order valence-corrected chi connectivity index (χ4v) is 2.81. The average molecular weight is 326 g/mol. The summed E-state index contributed by atoms with van der Waals surface area (Å²) in [7, 11) is 0. The summed E-state index contributed by atoms with van der Waals surface area (Å²) in [5, 5.41) is 0.645. The van der Waals surface area contributed by atoms with Gasteiger partial charge in [0, 0.05) is 31.2 Å². The molecule has 1 amide bonds. The molecule has 2 rings (SSSR count). The first-order valence-electron chi connectivity index (χ1n) is 7.03. The topological polar surface area (TPSA) is 49.6 Å². The van der Waals surface area contributed by atoms with Gasteiger partial charge in [0.15, 0.2) is 0 Å². The lowest BCUT2D eigenvalue weighted by molar-refractivity contribution is -0.132. The first kappa shape index (κ1) is 16.2. The SMILES string of the molecule is CC(C(N)=S)N1CCN(C(=O)Cc2ccccc2Cl)CC1. The van der Waals surface area contributed by atoms with Gasteiger partial charge in [-0.1, -0.05) is 42.0 Å². The van der Waals surface area contributed by atoms with Crippen LogP contribution in [-0.2, 0) is 11.2 Å². The highest BCUT2D eigenvalue weighted by molar-refractivity contribution is 7.80. The summed E-state index contributed by atoms with van der Waals surface area (Å²) in [6, 6.07) is 7.56. The number of carbonyl (C=O) groups is 1. The molecular formula is C15H20ClN3OS. The fourth-order valence-electron chi connectivity index (χ4n) is 2.46. The number of nitrogens with two attached hydrogens (primary N) is 1. The number of thiocarbonyl (C=S) groups is 1. The molecule has 114 valence electrons. The first-order valence-corrected chi connectivity index (χ1v) is 7.82. The Labute approximate surface area is 135 Å². The van der Waals surface area contributed by atoms with E-state index in [1.54, 1.807) is 0 Å². The van der Waals surface area contributed by atoms with Crippen molar-refractivity contribution in [3.63, 3.8) is 0 Å². The summed E-state index contributed by atoms with van der Waals surface area (Å²) in [5.41, 5.74) is 6.55. The molecule has 0 radical (unpaired) electrons. The maximum Gasteiger partial charge on any atom is 0.227 e. The van der Waals surface area contributed by atoms with Crippen molar-refractivity contribution in [1.29, 1.82) is 0 Å². The van der Waals surface area contributed by atoms with Crippen molar-refractivity contribution >= 4 is 34.7 Å². The minimum Gasteiger partial charge on any atom is -0.392 e. The third-order valence-electron chi connectivity index (χ3n) is 3.93. The second kappa shape index (κ2) is 7.20. The van der Waals surface area contributed by atoms with Gasteiger partial charge in [-0.15, -0.1) is 0 Å². The van der Waals surface area contributed by atoms with E-state index >= 15 is 0 Å². The Bertz CT molecular complexity index is 529. The van der Waals surface area contributed by atoms with E-state index in [0.717, 1.165) is 18.7 Å². The molecule has 6 heteroatoms. The van der Waals surface area contributed by atoms with Crippen LogP contribution in [0.5, 0.6) is 0 Å². The van der Waals surface area contributed by atoms with Gasteiger partial charge in [0.25, 0.3) is 0 Å². The Morgan fingerprint density at radius 3 is 2.52 bits per heavy atom. The number of hydrogen-bond acceptors (Lipinski definition) is 3. The molecule has 1 saturated heterocycles. The van der Waals surface area contributed by atoms with Gasteiger partial charge in [-0.2, -0.15) is 0 Å². The maximum absolute atomic E-state index is 12.3. The van der Waals surface area contributed by atoms with E-state index in [1.165, 1.54) is 0 Å². The Balaban J connectivity index is 1.89. The second-order valence-electron chi connectivity index (χ2n) is 5.26. The van der Waals surface area contributed by atoms with Crippen LogP contribution in [0.25, 0.3) is 0 Å². The highest BCUT2D eigenvalue weighted by Crippen LogP contribution is 2.17. The summed E-state index contributed by atoms with van der Waals surface area (Å²) >= 11 is 11.1. The Morgan fingerprint density at radius 1 is 1.33 bits per heavy atom. The molecule has 2 N–H and O–H groups in total. The van der Waals surface area contributed by atoms with E-state index in [2.05, 4.69) is 4.90 Å². The third-order valence-corrected chi connectivity index (χ3v) is 4.64. The standard InChI is InChI=1S/C15H20ClN3OS/c1-11(15(17)21)18-6-8-19(9-7-18)14(20)10-12-4-2-3-5-13(12)16/h2-5,11H,6-10H2,1H3,(H2,17,21). The highest BCUT2D eigenvalue weighted by Gasteiger charge is 2.25. The second-order valence-corrected chi connectivity index (χ2v) is 6.14. The fraction of sp³-hybridized carbons (Fsp3) is 0.467. The van der Waals surface area contributed by atoms with Gasteiger partial charge in [0.2, 0.25) is 5.91 Å². The van der Waals surface area contributed by atoms with Crippen molar-refractivity contribution in [3.8, 4) is 0 Å². The number of nitrogens with zero attached hydrogens (tertiary/aromatic N) is 2. The van der Waals surface area contributed by atoms with E-state index in [4.69, 9.17) is 29.6 Å². The average Bonchev–Trinajstić information content (AvgIpc) is 2.49. The minimum absolute atomic E-state index is 0.0841. The van der Waals surface area contributed by atoms with E-state index in [1.807, 2.05) is 36.1 Å². The molecule has 1 aromatic rings. The quantitative estimate of drug-likeness (QED) is 0.856. The van der Waals surface area contributed by atoms with Gasteiger partial charge < -0.3 is 10.6 Å². The van der Waals surface area contributed by atoms with Crippen LogP contribution in [0.1, 0.15) is 12.5 Å². The van der Waals surface area contributed by atoms with Gasteiger partial charge in [-0.05, 0) is 18.6 Å². The molecular weight excluding hydrogens is 306 g/mol. The van der Waals surface area contributed by atoms with Crippen LogP contribution in [0.4, 0.5) is 0 Å². The smallest absolute Gasteiger partial charge is 0.227 e. The Hall–Kier alpha value is -1.17. The van der Waals surface area contributed by atoms with Crippen molar-refractivity contribution in [2.75, 3.05) is 26.2 Å². The van der Waals surface area contributed by atoms with Gasteiger partial charge in [0.1, 0.15) is 0 Å². The van der Waals surface area contributed by atoms with Crippen LogP contribution in [0.3, 0.4) is 0 Å². The zero-order chi connectivity index (χ0) is 15.4. The zero-order valence-electron chi connectivity index (χ0n) is 12.1. The van der Waals surface area contributed by atoms with Crippen molar-refractivity contribution < 1.29 is 4.79 Å². The Kier molecular flexibility index (Phi) is 5.56. The summed E-state index contributed by atoms with van der Waals surface area (Å²) in [6.07, 6.45) is 0.352. The lowest BCUT2D eigenvalue weighted by Gasteiger charge is -2.37. The molecule has 1 aliphatic rings. The molecule has 1 aromatic carbocycles. The predicted molar refractivity (Wildman–Crippen MR) is 89.6 cm³/mol. The monoisotopic (exact) mass is 325 g/mol. The largest absolute Gasteiger partial charge is 0.392 e. The lowest BCUT2D eigenvalue weighted by atomic mass is 10.1. The van der Waals surface area contributed by atoms with Gasteiger partial charge in [-0.3, -0.25) is 9.69 Å². The van der Waals surface area contributed by atoms with Crippen molar-refractivity contribution in [2.45, 2.75) is 19.4 Å². The number of benzene rings is 1. The lowest BCUT2D eigenvalue weighted by Crippen LogP contribution is -2.54. The minimum atomic E-state index is 0.0841. The first-order chi connectivity index (χ1) is 9.99.